The number of hydrogen-bond acceptors (Lipinski definition) is 5. The van der Waals surface area contributed by atoms with E-state index in [4.69, 9.17) is 14.4 Å². The van der Waals surface area contributed by atoms with Gasteiger partial charge in [0.05, 0.1) is 11.0 Å². The number of oxazole rings is 1. The van der Waals surface area contributed by atoms with E-state index in [1.165, 1.54) is 0 Å². The Morgan fingerprint density at radius 1 is 0.492 bits per heavy atom. The number of anilines is 3. The fourth-order valence-electron chi connectivity index (χ4n) is 8.19. The van der Waals surface area contributed by atoms with Crippen LogP contribution in [0.5, 0.6) is 0 Å². The summed E-state index contributed by atoms with van der Waals surface area (Å²) in [7, 11) is 0. The number of nitrogens with one attached hydrogen (secondary N) is 1. The van der Waals surface area contributed by atoms with Crippen molar-refractivity contribution in [1.29, 1.82) is 0 Å². The number of allylic oxidation sites excluding steroid dienone is 1. The lowest BCUT2D eigenvalue weighted by molar-refractivity contribution is 0.620. The minimum atomic E-state index is -0.288. The Hall–Kier alpha value is -7.96. The molecule has 11 rings (SSSR count). The Bertz CT molecular complexity index is 3120. The number of para-hydroxylation sites is 2. The fourth-order valence-corrected chi connectivity index (χ4v) is 8.19. The Balaban J connectivity index is 1.08. The summed E-state index contributed by atoms with van der Waals surface area (Å²) in [4.78, 5) is 12.7. The van der Waals surface area contributed by atoms with Crippen molar-refractivity contribution in [2.24, 2.45) is 4.99 Å². The van der Waals surface area contributed by atoms with E-state index in [0.29, 0.717) is 5.89 Å². The number of nitrogens with zero attached hydrogens (tertiary/aromatic N) is 4. The topological polar surface area (TPSA) is 58.6 Å². The predicted octanol–water partition coefficient (Wildman–Crippen LogP) is 13.3. The van der Waals surface area contributed by atoms with Crippen LogP contribution in [0.1, 0.15) is 17.3 Å². The first-order valence-electron chi connectivity index (χ1n) is 19.9. The maximum Gasteiger partial charge on any atom is 0.227 e. The van der Waals surface area contributed by atoms with E-state index in [2.05, 4.69) is 185 Å². The molecule has 1 aliphatic heterocycles. The van der Waals surface area contributed by atoms with Crippen LogP contribution in [0.2, 0.25) is 0 Å². The maximum absolute atomic E-state index is 6.46. The second-order valence-electron chi connectivity index (χ2n) is 14.7. The van der Waals surface area contributed by atoms with Crippen LogP contribution in [-0.2, 0) is 0 Å². The first-order valence-corrected chi connectivity index (χ1v) is 19.9. The molecule has 0 fully saturated rings. The molecule has 2 aromatic heterocycles. The van der Waals surface area contributed by atoms with Crippen LogP contribution in [0.25, 0.3) is 61.2 Å². The second kappa shape index (κ2) is 14.5. The van der Waals surface area contributed by atoms with Crippen molar-refractivity contribution in [3.05, 3.63) is 223 Å². The smallest absolute Gasteiger partial charge is 0.227 e. The Labute approximate surface area is 341 Å². The third-order valence-corrected chi connectivity index (χ3v) is 11.0. The van der Waals surface area contributed by atoms with Crippen LogP contribution in [0, 0.1) is 0 Å². The van der Waals surface area contributed by atoms with E-state index in [-0.39, 0.29) is 6.17 Å². The van der Waals surface area contributed by atoms with Gasteiger partial charge in [-0.05, 0) is 95.1 Å². The molecular weight excluding hydrogens is 723 g/mol. The summed E-state index contributed by atoms with van der Waals surface area (Å²) in [5, 5.41) is 5.88. The van der Waals surface area contributed by atoms with Gasteiger partial charge in [-0.2, -0.15) is 0 Å². The first kappa shape index (κ1) is 34.3. The van der Waals surface area contributed by atoms with Crippen LogP contribution < -0.4 is 10.2 Å². The van der Waals surface area contributed by atoms with Gasteiger partial charge in [-0.25, -0.2) is 9.98 Å². The molecule has 0 aliphatic carbocycles. The highest BCUT2D eigenvalue weighted by Gasteiger charge is 2.24. The number of benzene rings is 8. The molecule has 10 aromatic rings. The third-order valence-electron chi connectivity index (χ3n) is 11.0. The molecule has 1 N–H and O–H groups in total. The van der Waals surface area contributed by atoms with Gasteiger partial charge in [-0.3, -0.25) is 4.57 Å². The number of rotatable bonds is 7. The van der Waals surface area contributed by atoms with E-state index in [1.54, 1.807) is 0 Å². The average Bonchev–Trinajstić information content (AvgIpc) is 3.88. The van der Waals surface area contributed by atoms with Crippen LogP contribution >= 0.6 is 0 Å². The lowest BCUT2D eigenvalue weighted by Gasteiger charge is -2.25. The van der Waals surface area contributed by atoms with Crippen molar-refractivity contribution in [2.45, 2.75) is 6.17 Å². The molecule has 0 bridgehead atoms. The highest BCUT2D eigenvalue weighted by atomic mass is 16.3. The molecule has 1 unspecified atom stereocenters. The molecule has 1 aliphatic rings. The summed E-state index contributed by atoms with van der Waals surface area (Å²) < 4.78 is 8.74. The molecule has 8 aromatic carbocycles. The summed E-state index contributed by atoms with van der Waals surface area (Å²) in [6, 6.07) is 71.8. The molecule has 0 saturated heterocycles. The minimum Gasteiger partial charge on any atom is -0.436 e. The lowest BCUT2D eigenvalue weighted by Crippen LogP contribution is -2.27. The standard InChI is InChI=1S/C53H37N5O/c1-6-16-37(17-7-1)46-35-51(56-52(54-46)38-18-8-2-9-19-38)58-48-31-28-40(32-44(48)45-33-50-47(34-49(45)58)55-53(59-50)39-20-10-3-11-21-39)36-26-29-43(30-27-36)57(41-22-12-4-13-23-41)42-24-14-5-15-25-42/h1-35,52,54H. The third kappa shape index (κ3) is 6.33. The molecule has 0 radical (unpaired) electrons. The Morgan fingerprint density at radius 2 is 1.05 bits per heavy atom. The van der Waals surface area contributed by atoms with Crippen molar-refractivity contribution < 1.29 is 4.42 Å². The molecule has 0 amide bonds. The number of fused-ring (bicyclic) bond motifs is 4. The monoisotopic (exact) mass is 759 g/mol. The molecule has 1 atom stereocenters. The second-order valence-corrected chi connectivity index (χ2v) is 14.7. The van der Waals surface area contributed by atoms with E-state index < -0.39 is 0 Å². The average molecular weight is 760 g/mol. The van der Waals surface area contributed by atoms with Crippen molar-refractivity contribution in [1.82, 2.24) is 14.9 Å². The van der Waals surface area contributed by atoms with Crippen molar-refractivity contribution in [3.63, 3.8) is 0 Å². The molecule has 6 heteroatoms. The summed E-state index contributed by atoms with van der Waals surface area (Å²) >= 11 is 0. The van der Waals surface area contributed by atoms with E-state index in [1.807, 2.05) is 42.5 Å². The van der Waals surface area contributed by atoms with Crippen molar-refractivity contribution >= 4 is 61.5 Å². The molecule has 280 valence electrons. The largest absolute Gasteiger partial charge is 0.436 e. The highest BCUT2D eigenvalue weighted by Crippen LogP contribution is 2.39. The van der Waals surface area contributed by atoms with Crippen LogP contribution in [0.15, 0.2) is 222 Å². The first-order chi connectivity index (χ1) is 29.2. The molecule has 3 heterocycles. The van der Waals surface area contributed by atoms with Crippen LogP contribution in [0.3, 0.4) is 0 Å². The Kier molecular flexibility index (Phi) is 8.44. The minimum absolute atomic E-state index is 0.288. The van der Waals surface area contributed by atoms with Gasteiger partial charge >= 0.3 is 0 Å². The molecule has 59 heavy (non-hydrogen) atoms. The normalized spacial score (nSPS) is 13.9. The van der Waals surface area contributed by atoms with Crippen LogP contribution in [0.4, 0.5) is 17.1 Å². The Morgan fingerprint density at radius 3 is 1.71 bits per heavy atom. The van der Waals surface area contributed by atoms with Gasteiger partial charge in [-0.15, -0.1) is 0 Å². The summed E-state index contributed by atoms with van der Waals surface area (Å²) in [6.45, 7) is 0. The zero-order valence-electron chi connectivity index (χ0n) is 32.0. The fraction of sp³-hybridized carbons (Fsp3) is 0.0189. The van der Waals surface area contributed by atoms with Crippen molar-refractivity contribution in [2.75, 3.05) is 4.90 Å². The molecular formula is C53H37N5O. The zero-order chi connectivity index (χ0) is 39.1. The van der Waals surface area contributed by atoms with Gasteiger partial charge in [0, 0.05) is 45.2 Å². The molecule has 6 nitrogen and oxygen atoms in total. The van der Waals surface area contributed by atoms with E-state index in [9.17, 15) is 0 Å². The zero-order valence-corrected chi connectivity index (χ0v) is 32.0. The molecule has 0 saturated carbocycles. The van der Waals surface area contributed by atoms with Gasteiger partial charge in [0.25, 0.3) is 0 Å². The van der Waals surface area contributed by atoms with Crippen molar-refractivity contribution in [3.8, 4) is 22.6 Å². The molecule has 0 spiro atoms. The van der Waals surface area contributed by atoms with Gasteiger partial charge in [-0.1, -0.05) is 133 Å². The number of hydrogen-bond donors (Lipinski definition) is 1. The predicted molar refractivity (Wildman–Crippen MR) is 242 cm³/mol. The van der Waals surface area contributed by atoms with E-state index in [0.717, 1.165) is 89.3 Å². The summed E-state index contributed by atoms with van der Waals surface area (Å²) in [6.07, 6.45) is 1.87. The van der Waals surface area contributed by atoms with E-state index >= 15 is 0 Å². The maximum atomic E-state index is 6.46. The SMILES string of the molecule is C1=C(c2ccccc2)NC(c2ccccc2)N=C1n1c2ccc(-c3ccc(N(c4ccccc4)c4ccccc4)cc3)cc2c2cc3oc(-c4ccccc4)nc3cc21. The van der Waals surface area contributed by atoms with Gasteiger partial charge in [0.15, 0.2) is 5.58 Å². The summed E-state index contributed by atoms with van der Waals surface area (Å²) in [5.74, 6) is 1.43. The van der Waals surface area contributed by atoms with Gasteiger partial charge in [0.2, 0.25) is 5.89 Å². The number of aromatic nitrogens is 2. The summed E-state index contributed by atoms with van der Waals surface area (Å²) in [5.41, 5.74) is 13.2. The quantitative estimate of drug-likeness (QED) is 0.176. The number of aliphatic imine (C=N–C) groups is 1. The van der Waals surface area contributed by atoms with Gasteiger partial charge in [0.1, 0.15) is 17.5 Å². The lowest BCUT2D eigenvalue weighted by atomic mass is 10.0. The van der Waals surface area contributed by atoms with Crippen LogP contribution in [-0.4, -0.2) is 15.4 Å². The van der Waals surface area contributed by atoms with Gasteiger partial charge < -0.3 is 14.6 Å². The highest BCUT2D eigenvalue weighted by molar-refractivity contribution is 6.20.